The smallest absolute Gasteiger partial charge is 0.0944 e. The quantitative estimate of drug-likeness (QED) is 0.801. The molecule has 0 aliphatic rings. The Morgan fingerprint density at radius 2 is 1.61 bits per heavy atom. The molecule has 1 N–H and O–H groups in total. The normalized spacial score (nSPS) is 10.8. The number of anilines is 2. The second-order valence-corrected chi connectivity index (χ2v) is 4.05. The largest absolute Gasteiger partial charge is 0.356 e. The lowest BCUT2D eigenvalue weighted by Gasteiger charge is -2.06. The van der Waals surface area contributed by atoms with Crippen molar-refractivity contribution in [2.24, 2.45) is 0 Å². The molecule has 0 atom stereocenters. The van der Waals surface area contributed by atoms with E-state index in [0.717, 1.165) is 16.9 Å². The first kappa shape index (κ1) is 11.9. The molecule has 88 valence electrons. The van der Waals surface area contributed by atoms with Gasteiger partial charge in [0.1, 0.15) is 0 Å². The van der Waals surface area contributed by atoms with Crippen LogP contribution in [0.25, 0.3) is 6.08 Å². The zero-order chi connectivity index (χ0) is 12.8. The highest BCUT2D eigenvalue weighted by molar-refractivity contribution is 5.63. The second-order valence-electron chi connectivity index (χ2n) is 4.05. The van der Waals surface area contributed by atoms with Gasteiger partial charge in [-0.1, -0.05) is 30.3 Å². The molecule has 2 aromatic carbocycles. The van der Waals surface area contributed by atoms with Gasteiger partial charge in [0.15, 0.2) is 0 Å². The lowest BCUT2D eigenvalue weighted by Crippen LogP contribution is -1.89. The highest BCUT2D eigenvalue weighted by atomic mass is 14.9. The summed E-state index contributed by atoms with van der Waals surface area (Å²) in [6.45, 7) is 1.80. The first-order valence-electron chi connectivity index (χ1n) is 5.78. The van der Waals surface area contributed by atoms with Crippen molar-refractivity contribution < 1.29 is 0 Å². The summed E-state index contributed by atoms with van der Waals surface area (Å²) >= 11 is 0. The molecule has 18 heavy (non-hydrogen) atoms. The topological polar surface area (TPSA) is 35.8 Å². The van der Waals surface area contributed by atoms with E-state index >= 15 is 0 Å². The molecular weight excluding hydrogens is 220 g/mol. The summed E-state index contributed by atoms with van der Waals surface area (Å²) in [6.07, 6.45) is 1.87. The fraction of sp³-hybridized carbons (Fsp3) is 0.0625. The van der Waals surface area contributed by atoms with Gasteiger partial charge in [-0.3, -0.25) is 0 Å². The van der Waals surface area contributed by atoms with E-state index in [0.29, 0.717) is 5.57 Å². The Bertz CT molecular complexity index is 575. The third-order valence-corrected chi connectivity index (χ3v) is 2.53. The standard InChI is InChI=1S/C16H14N2/c1-13(12-17)11-14-7-9-16(10-8-14)18-15-5-3-2-4-6-15/h2-11,18H,1H3/b13-11+. The van der Waals surface area contributed by atoms with Gasteiger partial charge in [-0.05, 0) is 42.8 Å². The van der Waals surface area contributed by atoms with Crippen molar-refractivity contribution >= 4 is 17.5 Å². The molecule has 2 heteroatoms. The van der Waals surface area contributed by atoms with Crippen LogP contribution < -0.4 is 5.32 Å². The molecule has 2 aromatic rings. The molecular formula is C16H14N2. The molecule has 0 aromatic heterocycles. The van der Waals surface area contributed by atoms with Crippen molar-refractivity contribution in [2.45, 2.75) is 6.92 Å². The molecule has 0 aliphatic carbocycles. The third-order valence-electron chi connectivity index (χ3n) is 2.53. The summed E-state index contributed by atoms with van der Waals surface area (Å²) in [5, 5.41) is 12.0. The molecule has 0 amide bonds. The van der Waals surface area contributed by atoms with E-state index in [1.54, 1.807) is 6.92 Å². The Kier molecular flexibility index (Phi) is 3.78. The first-order chi connectivity index (χ1) is 8.78. The fourth-order valence-corrected chi connectivity index (χ4v) is 1.63. The van der Waals surface area contributed by atoms with Gasteiger partial charge in [-0.25, -0.2) is 0 Å². The number of hydrogen-bond acceptors (Lipinski definition) is 2. The minimum atomic E-state index is 0.707. The predicted molar refractivity (Wildman–Crippen MR) is 75.4 cm³/mol. The van der Waals surface area contributed by atoms with Gasteiger partial charge in [-0.15, -0.1) is 0 Å². The number of nitriles is 1. The summed E-state index contributed by atoms with van der Waals surface area (Å²) in [6, 6.07) is 20.1. The molecule has 0 spiro atoms. The molecule has 0 heterocycles. The highest BCUT2D eigenvalue weighted by Crippen LogP contribution is 2.17. The van der Waals surface area contributed by atoms with E-state index in [1.807, 2.05) is 60.7 Å². The Morgan fingerprint density at radius 3 is 2.22 bits per heavy atom. The first-order valence-corrected chi connectivity index (χ1v) is 5.78. The Hall–Kier alpha value is -2.53. The number of benzene rings is 2. The van der Waals surface area contributed by atoms with Gasteiger partial charge in [0.25, 0.3) is 0 Å². The lowest BCUT2D eigenvalue weighted by molar-refractivity contribution is 1.45. The molecule has 0 bridgehead atoms. The minimum absolute atomic E-state index is 0.707. The van der Waals surface area contributed by atoms with Crippen LogP contribution in [0.5, 0.6) is 0 Å². The van der Waals surface area contributed by atoms with E-state index in [1.165, 1.54) is 0 Å². The number of nitrogens with one attached hydrogen (secondary N) is 1. The number of rotatable bonds is 3. The zero-order valence-corrected chi connectivity index (χ0v) is 10.2. The van der Waals surface area contributed by atoms with Crippen LogP contribution in [0, 0.1) is 11.3 Å². The van der Waals surface area contributed by atoms with Gasteiger partial charge in [0.05, 0.1) is 6.07 Å². The number of nitrogens with zero attached hydrogens (tertiary/aromatic N) is 1. The SMILES string of the molecule is C/C(C#N)=C\c1ccc(Nc2ccccc2)cc1. The Balaban J connectivity index is 2.12. The van der Waals surface area contributed by atoms with Crippen molar-refractivity contribution in [1.29, 1.82) is 5.26 Å². The van der Waals surface area contributed by atoms with Crippen molar-refractivity contribution in [2.75, 3.05) is 5.32 Å². The van der Waals surface area contributed by atoms with Crippen LogP contribution in [0.2, 0.25) is 0 Å². The van der Waals surface area contributed by atoms with Crippen molar-refractivity contribution in [3.63, 3.8) is 0 Å². The molecule has 0 saturated carbocycles. The van der Waals surface area contributed by atoms with Gasteiger partial charge in [-0.2, -0.15) is 5.26 Å². The monoisotopic (exact) mass is 234 g/mol. The maximum absolute atomic E-state index is 8.71. The summed E-state index contributed by atoms with van der Waals surface area (Å²) in [5.41, 5.74) is 3.84. The molecule has 0 radical (unpaired) electrons. The zero-order valence-electron chi connectivity index (χ0n) is 10.2. The Labute approximate surface area is 107 Å². The van der Waals surface area contributed by atoms with Gasteiger partial charge in [0.2, 0.25) is 0 Å². The summed E-state index contributed by atoms with van der Waals surface area (Å²) in [5.74, 6) is 0. The van der Waals surface area contributed by atoms with Crippen LogP contribution in [-0.4, -0.2) is 0 Å². The predicted octanol–water partition coefficient (Wildman–Crippen LogP) is 4.36. The molecule has 0 unspecified atom stereocenters. The summed E-state index contributed by atoms with van der Waals surface area (Å²) in [7, 11) is 0. The van der Waals surface area contributed by atoms with Crippen LogP contribution >= 0.6 is 0 Å². The maximum Gasteiger partial charge on any atom is 0.0944 e. The van der Waals surface area contributed by atoms with E-state index in [2.05, 4.69) is 11.4 Å². The highest BCUT2D eigenvalue weighted by Gasteiger charge is 1.94. The van der Waals surface area contributed by atoms with Gasteiger partial charge in [0, 0.05) is 16.9 Å². The molecule has 2 rings (SSSR count). The van der Waals surface area contributed by atoms with E-state index < -0.39 is 0 Å². The van der Waals surface area contributed by atoms with Crippen molar-refractivity contribution in [1.82, 2.24) is 0 Å². The van der Waals surface area contributed by atoms with Gasteiger partial charge >= 0.3 is 0 Å². The number of allylic oxidation sites excluding steroid dienone is 1. The Morgan fingerprint density at radius 1 is 1.00 bits per heavy atom. The fourth-order valence-electron chi connectivity index (χ4n) is 1.63. The van der Waals surface area contributed by atoms with E-state index in [9.17, 15) is 0 Å². The van der Waals surface area contributed by atoms with Crippen LogP contribution in [0.4, 0.5) is 11.4 Å². The average Bonchev–Trinajstić information content (AvgIpc) is 2.42. The van der Waals surface area contributed by atoms with Crippen molar-refractivity contribution in [3.8, 4) is 6.07 Å². The number of para-hydroxylation sites is 1. The van der Waals surface area contributed by atoms with Crippen LogP contribution in [0.1, 0.15) is 12.5 Å². The molecule has 0 saturated heterocycles. The molecule has 0 fully saturated rings. The number of hydrogen-bond donors (Lipinski definition) is 1. The van der Waals surface area contributed by atoms with E-state index in [4.69, 9.17) is 5.26 Å². The van der Waals surface area contributed by atoms with Crippen molar-refractivity contribution in [3.05, 3.63) is 65.7 Å². The lowest BCUT2D eigenvalue weighted by atomic mass is 10.1. The average molecular weight is 234 g/mol. The summed E-state index contributed by atoms with van der Waals surface area (Å²) in [4.78, 5) is 0. The molecule has 0 aliphatic heterocycles. The second kappa shape index (κ2) is 5.70. The minimum Gasteiger partial charge on any atom is -0.356 e. The van der Waals surface area contributed by atoms with Crippen LogP contribution in [-0.2, 0) is 0 Å². The third kappa shape index (κ3) is 3.23. The van der Waals surface area contributed by atoms with Crippen LogP contribution in [0.3, 0.4) is 0 Å². The van der Waals surface area contributed by atoms with Crippen LogP contribution in [0.15, 0.2) is 60.2 Å². The van der Waals surface area contributed by atoms with E-state index in [-0.39, 0.29) is 0 Å². The molecule has 2 nitrogen and oxygen atoms in total. The summed E-state index contributed by atoms with van der Waals surface area (Å²) < 4.78 is 0. The maximum atomic E-state index is 8.71. The van der Waals surface area contributed by atoms with Gasteiger partial charge < -0.3 is 5.32 Å².